The first-order valence-corrected chi connectivity index (χ1v) is 10.3. The van der Waals surface area contributed by atoms with Crippen LogP contribution in [0.5, 0.6) is 6.01 Å². The molecule has 1 amide bonds. The number of hydrogen-bond donors (Lipinski definition) is 0. The van der Waals surface area contributed by atoms with Gasteiger partial charge >= 0.3 is 6.01 Å². The van der Waals surface area contributed by atoms with Crippen molar-refractivity contribution in [3.8, 4) is 6.01 Å². The SMILES string of the molecule is O=C(CCS(=O)(=O)c1ccccc1)N1CCC[C@H](Oc2ncc(F)cn2)C1. The monoisotopic (exact) mass is 393 g/mol. The molecular weight excluding hydrogens is 373 g/mol. The van der Waals surface area contributed by atoms with Gasteiger partial charge in [-0.1, -0.05) is 18.2 Å². The van der Waals surface area contributed by atoms with Gasteiger partial charge in [0.05, 0.1) is 29.6 Å². The van der Waals surface area contributed by atoms with E-state index in [1.54, 1.807) is 23.1 Å². The Labute approximate surface area is 157 Å². The number of hydrogen-bond acceptors (Lipinski definition) is 6. The minimum atomic E-state index is -3.49. The van der Waals surface area contributed by atoms with Crippen molar-refractivity contribution in [3.63, 3.8) is 0 Å². The van der Waals surface area contributed by atoms with E-state index >= 15 is 0 Å². The van der Waals surface area contributed by atoms with Crippen LogP contribution in [0.1, 0.15) is 19.3 Å². The fourth-order valence-corrected chi connectivity index (χ4v) is 4.15. The topological polar surface area (TPSA) is 89.5 Å². The van der Waals surface area contributed by atoms with Crippen LogP contribution in [0.25, 0.3) is 0 Å². The molecule has 1 aliphatic rings. The van der Waals surface area contributed by atoms with E-state index in [0.29, 0.717) is 19.5 Å². The predicted molar refractivity (Wildman–Crippen MR) is 95.3 cm³/mol. The van der Waals surface area contributed by atoms with Crippen molar-refractivity contribution in [2.45, 2.75) is 30.3 Å². The highest BCUT2D eigenvalue weighted by molar-refractivity contribution is 7.91. The molecule has 3 rings (SSSR count). The molecule has 9 heteroatoms. The highest BCUT2D eigenvalue weighted by atomic mass is 32.2. The zero-order valence-electron chi connectivity index (χ0n) is 14.6. The molecule has 1 aromatic carbocycles. The van der Waals surface area contributed by atoms with Crippen molar-refractivity contribution in [2.75, 3.05) is 18.8 Å². The Balaban J connectivity index is 1.54. The predicted octanol–water partition coefficient (Wildman–Crippen LogP) is 1.85. The number of carbonyl (C=O) groups excluding carboxylic acids is 1. The second-order valence-electron chi connectivity index (χ2n) is 6.29. The van der Waals surface area contributed by atoms with E-state index in [1.165, 1.54) is 12.1 Å². The van der Waals surface area contributed by atoms with Crippen molar-refractivity contribution < 1.29 is 22.3 Å². The molecule has 0 radical (unpaired) electrons. The maximum Gasteiger partial charge on any atom is 0.316 e. The maximum atomic E-state index is 12.9. The van der Waals surface area contributed by atoms with Gasteiger partial charge in [0.25, 0.3) is 0 Å². The lowest BCUT2D eigenvalue weighted by molar-refractivity contribution is -0.133. The molecule has 0 unspecified atom stereocenters. The van der Waals surface area contributed by atoms with Gasteiger partial charge in [0.2, 0.25) is 5.91 Å². The summed E-state index contributed by atoms with van der Waals surface area (Å²) in [6.45, 7) is 0.874. The lowest BCUT2D eigenvalue weighted by Gasteiger charge is -2.32. The van der Waals surface area contributed by atoms with Gasteiger partial charge in [0.15, 0.2) is 15.7 Å². The molecule has 1 aliphatic heterocycles. The fraction of sp³-hybridized carbons (Fsp3) is 0.389. The van der Waals surface area contributed by atoms with E-state index in [2.05, 4.69) is 9.97 Å². The van der Waals surface area contributed by atoms with E-state index in [4.69, 9.17) is 4.74 Å². The van der Waals surface area contributed by atoms with Crippen LogP contribution in [0.15, 0.2) is 47.6 Å². The molecule has 2 heterocycles. The Morgan fingerprint density at radius 3 is 2.63 bits per heavy atom. The van der Waals surface area contributed by atoms with E-state index in [0.717, 1.165) is 18.8 Å². The molecule has 144 valence electrons. The van der Waals surface area contributed by atoms with Gasteiger partial charge in [-0.2, -0.15) is 0 Å². The van der Waals surface area contributed by atoms with Crippen LogP contribution in [0.4, 0.5) is 4.39 Å². The Bertz CT molecular complexity index is 875. The van der Waals surface area contributed by atoms with Crippen LogP contribution >= 0.6 is 0 Å². The molecule has 2 aromatic rings. The van der Waals surface area contributed by atoms with Crippen LogP contribution in [0.3, 0.4) is 0 Å². The third-order valence-corrected chi connectivity index (χ3v) is 6.02. The van der Waals surface area contributed by atoms with Gasteiger partial charge in [-0.15, -0.1) is 0 Å². The lowest BCUT2D eigenvalue weighted by atomic mass is 10.1. The first-order chi connectivity index (χ1) is 12.9. The number of likely N-dealkylation sites (tertiary alicyclic amines) is 1. The first-order valence-electron chi connectivity index (χ1n) is 8.64. The Morgan fingerprint density at radius 1 is 1.22 bits per heavy atom. The first kappa shape index (κ1) is 19.2. The molecule has 7 nitrogen and oxygen atoms in total. The normalized spacial score (nSPS) is 17.5. The number of nitrogens with zero attached hydrogens (tertiary/aromatic N) is 3. The summed E-state index contributed by atoms with van der Waals surface area (Å²) in [4.78, 5) is 21.8. The summed E-state index contributed by atoms with van der Waals surface area (Å²) in [5.41, 5.74) is 0. The van der Waals surface area contributed by atoms with Crippen molar-refractivity contribution in [1.29, 1.82) is 0 Å². The van der Waals surface area contributed by atoms with E-state index < -0.39 is 15.7 Å². The van der Waals surface area contributed by atoms with Gasteiger partial charge in [0, 0.05) is 13.0 Å². The molecule has 0 bridgehead atoms. The average Bonchev–Trinajstić information content (AvgIpc) is 2.69. The van der Waals surface area contributed by atoms with Crippen molar-refractivity contribution >= 4 is 15.7 Å². The minimum absolute atomic E-state index is 0.0577. The molecule has 1 atom stereocenters. The Kier molecular flexibility index (Phi) is 6.00. The van der Waals surface area contributed by atoms with Gasteiger partial charge in [-0.25, -0.2) is 22.8 Å². The number of sulfone groups is 1. The minimum Gasteiger partial charge on any atom is -0.458 e. The lowest BCUT2D eigenvalue weighted by Crippen LogP contribution is -2.44. The summed E-state index contributed by atoms with van der Waals surface area (Å²) in [6.07, 6.45) is 3.08. The highest BCUT2D eigenvalue weighted by Gasteiger charge is 2.26. The number of aromatic nitrogens is 2. The zero-order valence-corrected chi connectivity index (χ0v) is 15.4. The summed E-state index contributed by atoms with van der Waals surface area (Å²) in [5, 5.41) is 0. The molecule has 0 spiro atoms. The third kappa shape index (κ3) is 5.22. The molecule has 1 saturated heterocycles. The van der Waals surface area contributed by atoms with Crippen LogP contribution in [0.2, 0.25) is 0 Å². The van der Waals surface area contributed by atoms with Crippen molar-refractivity contribution in [1.82, 2.24) is 14.9 Å². The number of rotatable bonds is 6. The molecule has 1 aromatic heterocycles. The quantitative estimate of drug-likeness (QED) is 0.744. The second-order valence-corrected chi connectivity index (χ2v) is 8.40. The highest BCUT2D eigenvalue weighted by Crippen LogP contribution is 2.17. The van der Waals surface area contributed by atoms with Gasteiger partial charge < -0.3 is 9.64 Å². The largest absolute Gasteiger partial charge is 0.458 e. The summed E-state index contributed by atoms with van der Waals surface area (Å²) in [5.74, 6) is -1.02. The fourth-order valence-electron chi connectivity index (χ4n) is 2.90. The Morgan fingerprint density at radius 2 is 1.93 bits per heavy atom. The third-order valence-electron chi connectivity index (χ3n) is 4.29. The van der Waals surface area contributed by atoms with Crippen LogP contribution in [-0.2, 0) is 14.6 Å². The average molecular weight is 393 g/mol. The van der Waals surface area contributed by atoms with Crippen LogP contribution < -0.4 is 4.74 Å². The number of amides is 1. The van der Waals surface area contributed by atoms with Crippen molar-refractivity contribution in [3.05, 3.63) is 48.5 Å². The van der Waals surface area contributed by atoms with Crippen LogP contribution in [0, 0.1) is 5.82 Å². The standard InChI is InChI=1S/C18H20FN3O4S/c19-14-11-20-18(21-12-14)26-15-5-4-9-22(13-15)17(23)8-10-27(24,25)16-6-2-1-3-7-16/h1-3,6-7,11-12,15H,4-5,8-10,13H2/t15-/m0/s1. The number of carbonyl (C=O) groups is 1. The zero-order chi connectivity index (χ0) is 19.3. The number of benzene rings is 1. The molecule has 27 heavy (non-hydrogen) atoms. The number of halogens is 1. The van der Waals surface area contributed by atoms with Crippen molar-refractivity contribution in [2.24, 2.45) is 0 Å². The second kappa shape index (κ2) is 8.43. The summed E-state index contributed by atoms with van der Waals surface area (Å²) < 4.78 is 43.1. The molecular formula is C18H20FN3O4S. The number of piperidine rings is 1. The van der Waals surface area contributed by atoms with E-state index in [1.807, 2.05) is 0 Å². The Hall–Kier alpha value is -2.55. The van der Waals surface area contributed by atoms with Gasteiger partial charge in [0.1, 0.15) is 6.10 Å². The van der Waals surface area contributed by atoms with Gasteiger partial charge in [-0.05, 0) is 25.0 Å². The van der Waals surface area contributed by atoms with E-state index in [-0.39, 0.29) is 35.1 Å². The molecule has 0 aliphatic carbocycles. The molecule has 1 fully saturated rings. The smallest absolute Gasteiger partial charge is 0.316 e. The van der Waals surface area contributed by atoms with E-state index in [9.17, 15) is 17.6 Å². The van der Waals surface area contributed by atoms with Crippen LogP contribution in [-0.4, -0.2) is 54.1 Å². The van der Waals surface area contributed by atoms with Gasteiger partial charge in [-0.3, -0.25) is 4.79 Å². The maximum absolute atomic E-state index is 12.9. The summed E-state index contributed by atoms with van der Waals surface area (Å²) >= 11 is 0. The molecule has 0 N–H and O–H groups in total. The summed E-state index contributed by atoms with van der Waals surface area (Å²) in [6, 6.07) is 8.14. The molecule has 0 saturated carbocycles. The summed E-state index contributed by atoms with van der Waals surface area (Å²) in [7, 11) is -3.49. The number of ether oxygens (including phenoxy) is 1.